The van der Waals surface area contributed by atoms with Crippen molar-refractivity contribution in [1.82, 2.24) is 15.2 Å². The number of alkyl halides is 2. The molecule has 3 heterocycles. The van der Waals surface area contributed by atoms with E-state index in [2.05, 4.69) is 15.2 Å². The molecule has 5 rings (SSSR count). The van der Waals surface area contributed by atoms with E-state index in [4.69, 9.17) is 16.0 Å². The zero-order valence-corrected chi connectivity index (χ0v) is 16.9. The van der Waals surface area contributed by atoms with Crippen LogP contribution in [0.4, 0.5) is 18.9 Å². The van der Waals surface area contributed by atoms with E-state index >= 15 is 0 Å². The number of hydrogen-bond donors (Lipinski definition) is 0. The number of fused-ring (bicyclic) bond motifs is 1. The minimum Gasteiger partial charge on any atom is -0.415 e. The van der Waals surface area contributed by atoms with Crippen molar-refractivity contribution in [2.24, 2.45) is 0 Å². The van der Waals surface area contributed by atoms with E-state index in [1.54, 1.807) is 24.3 Å². The summed E-state index contributed by atoms with van der Waals surface area (Å²) in [5.74, 6) is -1.81. The summed E-state index contributed by atoms with van der Waals surface area (Å²) >= 11 is 6.09. The molecule has 0 aliphatic carbocycles. The molecule has 2 aromatic heterocycles. The number of halogens is 4. The number of amides is 1. The number of nitrogens with zero attached hydrogens (tertiary/aromatic N) is 4. The molecule has 160 valence electrons. The lowest BCUT2D eigenvalue weighted by Gasteiger charge is -2.20. The first-order chi connectivity index (χ1) is 15.4. The first-order valence-electron chi connectivity index (χ1n) is 9.39. The van der Waals surface area contributed by atoms with E-state index in [1.807, 2.05) is 0 Å². The van der Waals surface area contributed by atoms with Gasteiger partial charge in [0.05, 0.1) is 29.1 Å². The fourth-order valence-corrected chi connectivity index (χ4v) is 3.74. The first kappa shape index (κ1) is 20.2. The van der Waals surface area contributed by atoms with Crippen molar-refractivity contribution in [3.05, 3.63) is 82.7 Å². The Morgan fingerprint density at radius 2 is 1.88 bits per heavy atom. The Hall–Kier alpha value is -3.72. The van der Waals surface area contributed by atoms with Crippen molar-refractivity contribution in [1.29, 1.82) is 0 Å². The molecule has 6 nitrogen and oxygen atoms in total. The van der Waals surface area contributed by atoms with Crippen molar-refractivity contribution in [2.45, 2.75) is 13.0 Å². The van der Waals surface area contributed by atoms with Gasteiger partial charge in [-0.05, 0) is 42.0 Å². The van der Waals surface area contributed by atoms with Crippen molar-refractivity contribution in [2.75, 3.05) is 4.90 Å². The Labute approximate surface area is 184 Å². The van der Waals surface area contributed by atoms with Crippen LogP contribution in [0.25, 0.3) is 22.6 Å². The van der Waals surface area contributed by atoms with Crippen LogP contribution in [0.3, 0.4) is 0 Å². The van der Waals surface area contributed by atoms with Gasteiger partial charge in [0.15, 0.2) is 0 Å². The predicted octanol–water partition coefficient (Wildman–Crippen LogP) is 5.69. The Morgan fingerprint density at radius 1 is 1.03 bits per heavy atom. The molecule has 0 saturated carbocycles. The maximum atomic E-state index is 14.1. The van der Waals surface area contributed by atoms with Gasteiger partial charge in [0.2, 0.25) is 5.89 Å². The molecule has 0 bridgehead atoms. The SMILES string of the molecule is O=C1c2cc(-c3nnc(C(F)F)o3)cnc2CN1c1ccc(F)cc1-c1cccc(Cl)c1. The normalized spacial score (nSPS) is 13.2. The molecule has 10 heteroatoms. The van der Waals surface area contributed by atoms with Gasteiger partial charge in [-0.3, -0.25) is 9.78 Å². The molecule has 0 N–H and O–H groups in total. The van der Waals surface area contributed by atoms with Crippen molar-refractivity contribution >= 4 is 23.2 Å². The highest BCUT2D eigenvalue weighted by atomic mass is 35.5. The summed E-state index contributed by atoms with van der Waals surface area (Å²) in [6, 6.07) is 12.5. The summed E-state index contributed by atoms with van der Waals surface area (Å²) in [4.78, 5) is 19.0. The van der Waals surface area contributed by atoms with Crippen LogP contribution in [-0.4, -0.2) is 21.1 Å². The number of benzene rings is 2. The van der Waals surface area contributed by atoms with Gasteiger partial charge in [-0.1, -0.05) is 23.7 Å². The molecular formula is C22H12ClF3N4O2. The molecule has 2 aromatic carbocycles. The average Bonchev–Trinajstić information content (AvgIpc) is 3.39. The van der Waals surface area contributed by atoms with E-state index < -0.39 is 18.1 Å². The van der Waals surface area contributed by atoms with E-state index in [1.165, 1.54) is 35.4 Å². The van der Waals surface area contributed by atoms with E-state index in [9.17, 15) is 18.0 Å². The zero-order valence-electron chi connectivity index (χ0n) is 16.1. The standard InChI is InChI=1S/C22H12ClF3N4O2/c23-13-3-1-2-11(6-13)15-8-14(24)4-5-18(15)30-10-17-16(22(30)31)7-12(9-27-17)20-28-29-21(32-20)19(25)26/h1-9,19H,10H2. The number of carbonyl (C=O) groups is 1. The molecule has 32 heavy (non-hydrogen) atoms. The quantitative estimate of drug-likeness (QED) is 0.394. The number of rotatable bonds is 4. The molecule has 1 aliphatic rings. The third kappa shape index (κ3) is 3.50. The van der Waals surface area contributed by atoms with Gasteiger partial charge in [0.25, 0.3) is 11.8 Å². The maximum absolute atomic E-state index is 14.1. The number of carbonyl (C=O) groups excluding carboxylic acids is 1. The van der Waals surface area contributed by atoms with Crippen LogP contribution >= 0.6 is 11.6 Å². The highest BCUT2D eigenvalue weighted by Crippen LogP contribution is 2.37. The molecule has 0 fully saturated rings. The van der Waals surface area contributed by atoms with Crippen LogP contribution in [-0.2, 0) is 6.54 Å². The molecule has 0 unspecified atom stereocenters. The highest BCUT2D eigenvalue weighted by Gasteiger charge is 2.32. The minimum atomic E-state index is -2.90. The fraction of sp³-hybridized carbons (Fsp3) is 0.0909. The topological polar surface area (TPSA) is 72.1 Å². The number of hydrogen-bond acceptors (Lipinski definition) is 5. The Bertz CT molecular complexity index is 1360. The maximum Gasteiger partial charge on any atom is 0.314 e. The number of anilines is 1. The van der Waals surface area contributed by atoms with Gasteiger partial charge >= 0.3 is 6.43 Å². The lowest BCUT2D eigenvalue weighted by molar-refractivity contribution is 0.0996. The van der Waals surface area contributed by atoms with Crippen LogP contribution in [0, 0.1) is 5.82 Å². The minimum absolute atomic E-state index is 0.153. The lowest BCUT2D eigenvalue weighted by Crippen LogP contribution is -2.23. The third-order valence-electron chi connectivity index (χ3n) is 5.01. The lowest BCUT2D eigenvalue weighted by atomic mass is 10.0. The Morgan fingerprint density at radius 3 is 2.62 bits per heavy atom. The van der Waals surface area contributed by atoms with Crippen molar-refractivity contribution in [3.8, 4) is 22.6 Å². The van der Waals surface area contributed by atoms with Crippen LogP contribution in [0.2, 0.25) is 5.02 Å². The van der Waals surface area contributed by atoms with Crippen LogP contribution in [0.15, 0.2) is 59.1 Å². The van der Waals surface area contributed by atoms with Gasteiger partial charge < -0.3 is 9.32 Å². The van der Waals surface area contributed by atoms with Gasteiger partial charge in [-0.25, -0.2) is 4.39 Å². The second kappa shape index (κ2) is 7.76. The summed E-state index contributed by atoms with van der Waals surface area (Å²) < 4.78 is 44.5. The average molecular weight is 457 g/mol. The molecule has 0 atom stereocenters. The Kier molecular flexibility index (Phi) is 4.90. The molecule has 1 amide bonds. The molecule has 0 radical (unpaired) electrons. The van der Waals surface area contributed by atoms with Crippen LogP contribution in [0.1, 0.15) is 28.4 Å². The molecule has 0 saturated heterocycles. The van der Waals surface area contributed by atoms with Gasteiger partial charge in [-0.2, -0.15) is 8.78 Å². The Balaban J connectivity index is 1.53. The van der Waals surface area contributed by atoms with Gasteiger partial charge in [0, 0.05) is 16.8 Å². The summed E-state index contributed by atoms with van der Waals surface area (Å²) in [6.07, 6.45) is -1.53. The van der Waals surface area contributed by atoms with Crippen LogP contribution in [0.5, 0.6) is 0 Å². The monoisotopic (exact) mass is 456 g/mol. The number of aromatic nitrogens is 3. The number of pyridine rings is 1. The summed E-state index contributed by atoms with van der Waals surface area (Å²) in [5.41, 5.74) is 2.61. The molecule has 4 aromatic rings. The van der Waals surface area contributed by atoms with Crippen LogP contribution < -0.4 is 4.90 Å². The third-order valence-corrected chi connectivity index (χ3v) is 5.25. The second-order valence-corrected chi connectivity index (χ2v) is 7.46. The van der Waals surface area contributed by atoms with Crippen molar-refractivity contribution < 1.29 is 22.4 Å². The summed E-state index contributed by atoms with van der Waals surface area (Å²) in [6.45, 7) is 0.153. The van der Waals surface area contributed by atoms with E-state index in [0.29, 0.717) is 27.5 Å². The predicted molar refractivity (Wildman–Crippen MR) is 110 cm³/mol. The van der Waals surface area contributed by atoms with Crippen molar-refractivity contribution in [3.63, 3.8) is 0 Å². The van der Waals surface area contributed by atoms with E-state index in [0.717, 1.165) is 0 Å². The molecular weight excluding hydrogens is 445 g/mol. The zero-order chi connectivity index (χ0) is 22.4. The first-order valence-corrected chi connectivity index (χ1v) is 9.76. The molecule has 1 aliphatic heterocycles. The van der Waals surface area contributed by atoms with E-state index in [-0.39, 0.29) is 29.5 Å². The summed E-state index contributed by atoms with van der Waals surface area (Å²) in [7, 11) is 0. The van der Waals surface area contributed by atoms with Gasteiger partial charge in [0.1, 0.15) is 5.82 Å². The van der Waals surface area contributed by atoms with Gasteiger partial charge in [-0.15, -0.1) is 10.2 Å². The summed E-state index contributed by atoms with van der Waals surface area (Å²) in [5, 5.41) is 7.36. The fourth-order valence-electron chi connectivity index (χ4n) is 3.55. The largest absolute Gasteiger partial charge is 0.415 e. The highest BCUT2D eigenvalue weighted by molar-refractivity contribution is 6.30. The molecule has 0 spiro atoms. The second-order valence-electron chi connectivity index (χ2n) is 7.03. The smallest absolute Gasteiger partial charge is 0.314 e.